The molecule has 0 aliphatic carbocycles. The van der Waals surface area contributed by atoms with Crippen molar-refractivity contribution in [3.05, 3.63) is 0 Å². The monoisotopic (exact) mass is 216 g/mol. The lowest BCUT2D eigenvalue weighted by Crippen LogP contribution is -2.43. The summed E-state index contributed by atoms with van der Waals surface area (Å²) in [5, 5.41) is 3.02. The van der Waals surface area contributed by atoms with Gasteiger partial charge in [0.05, 0.1) is 13.2 Å². The maximum Gasteiger partial charge on any atom is 0.205 e. The smallest absolute Gasteiger partial charge is 0.205 e. The highest BCUT2D eigenvalue weighted by atomic mass is 16.5. The van der Waals surface area contributed by atoms with Gasteiger partial charge in [0.1, 0.15) is 5.60 Å². The maximum atomic E-state index is 5.44. The molecule has 1 unspecified atom stereocenters. The van der Waals surface area contributed by atoms with Crippen LogP contribution in [-0.2, 0) is 9.47 Å². The predicted octanol–water partition coefficient (Wildman–Crippen LogP) is -0.779. The molecule has 1 saturated heterocycles. The summed E-state index contributed by atoms with van der Waals surface area (Å²) in [6.45, 7) is 4.64. The van der Waals surface area contributed by atoms with Crippen LogP contribution in [0.2, 0.25) is 0 Å². The number of nitrogens with one attached hydrogen (secondary N) is 2. The molecule has 4 N–H and O–H groups in total. The molecule has 1 atom stereocenters. The Bertz CT molecular complexity index is 214. The van der Waals surface area contributed by atoms with E-state index >= 15 is 0 Å². The Morgan fingerprint density at radius 3 is 2.93 bits per heavy atom. The minimum absolute atomic E-state index is 0.280. The first kappa shape index (κ1) is 12.2. The zero-order chi connectivity index (χ0) is 11.1. The third kappa shape index (κ3) is 3.33. The van der Waals surface area contributed by atoms with Crippen molar-refractivity contribution in [2.75, 3.05) is 33.4 Å². The van der Waals surface area contributed by atoms with Crippen LogP contribution in [0.15, 0.2) is 4.99 Å². The van der Waals surface area contributed by atoms with Crippen LogP contribution in [0.1, 0.15) is 13.3 Å². The first-order valence-corrected chi connectivity index (χ1v) is 5.14. The van der Waals surface area contributed by atoms with Crippen LogP contribution in [0, 0.1) is 0 Å². The summed E-state index contributed by atoms with van der Waals surface area (Å²) in [5.41, 5.74) is 2.23. The largest absolute Gasteiger partial charge is 0.378 e. The minimum atomic E-state index is -0.280. The zero-order valence-corrected chi connectivity index (χ0v) is 9.38. The van der Waals surface area contributed by atoms with Gasteiger partial charge < -0.3 is 14.8 Å². The predicted molar refractivity (Wildman–Crippen MR) is 58.5 cm³/mol. The first-order valence-electron chi connectivity index (χ1n) is 5.14. The van der Waals surface area contributed by atoms with Crippen LogP contribution in [0.5, 0.6) is 0 Å². The highest BCUT2D eigenvalue weighted by molar-refractivity contribution is 5.79. The second-order valence-electron chi connectivity index (χ2n) is 3.53. The van der Waals surface area contributed by atoms with Crippen LogP contribution in [0.4, 0.5) is 0 Å². The second kappa shape index (κ2) is 5.89. The number of guanidine groups is 1. The van der Waals surface area contributed by atoms with Crippen LogP contribution in [0.25, 0.3) is 0 Å². The summed E-state index contributed by atoms with van der Waals surface area (Å²) in [7, 11) is 1.69. The first-order chi connectivity index (χ1) is 7.26. The minimum Gasteiger partial charge on any atom is -0.378 e. The molecular weight excluding hydrogens is 196 g/mol. The summed E-state index contributed by atoms with van der Waals surface area (Å²) in [6, 6.07) is 0. The van der Waals surface area contributed by atoms with Crippen LogP contribution in [-0.4, -0.2) is 45.0 Å². The molecule has 0 aromatic carbocycles. The standard InChI is InChI=1S/C9H20N4O2/c1-3-11-8(13-10)12-6-9(14-2)4-5-15-7-9/h3-7,10H2,1-2H3,(H2,11,12,13). The zero-order valence-electron chi connectivity index (χ0n) is 9.38. The van der Waals surface area contributed by atoms with Gasteiger partial charge in [0.15, 0.2) is 0 Å². The molecule has 0 saturated carbocycles. The summed E-state index contributed by atoms with van der Waals surface area (Å²) in [5.74, 6) is 5.90. The van der Waals surface area contributed by atoms with E-state index in [0.717, 1.165) is 19.6 Å². The summed E-state index contributed by atoms with van der Waals surface area (Å²) < 4.78 is 10.8. The molecule has 6 nitrogen and oxygen atoms in total. The van der Waals surface area contributed by atoms with Crippen molar-refractivity contribution in [3.63, 3.8) is 0 Å². The van der Waals surface area contributed by atoms with E-state index in [1.54, 1.807) is 7.11 Å². The van der Waals surface area contributed by atoms with E-state index in [0.29, 0.717) is 19.1 Å². The van der Waals surface area contributed by atoms with E-state index in [2.05, 4.69) is 15.7 Å². The molecule has 88 valence electrons. The molecule has 0 aromatic rings. The van der Waals surface area contributed by atoms with Crippen molar-refractivity contribution in [3.8, 4) is 0 Å². The lowest BCUT2D eigenvalue weighted by molar-refractivity contribution is -0.00908. The molecule has 0 aromatic heterocycles. The number of rotatable bonds is 4. The number of hydrazine groups is 1. The molecule has 1 rings (SSSR count). The SMILES string of the molecule is CCNC(=NCC1(OC)CCOC1)NN. The Balaban J connectivity index is 2.50. The quantitative estimate of drug-likeness (QED) is 0.249. The van der Waals surface area contributed by atoms with E-state index in [1.165, 1.54) is 0 Å². The normalized spacial score (nSPS) is 26.7. The van der Waals surface area contributed by atoms with Crippen LogP contribution in [0.3, 0.4) is 0 Å². The van der Waals surface area contributed by atoms with Gasteiger partial charge in [0.2, 0.25) is 5.96 Å². The molecule has 6 heteroatoms. The third-order valence-electron chi connectivity index (χ3n) is 2.51. The fourth-order valence-corrected chi connectivity index (χ4v) is 1.48. The fourth-order valence-electron chi connectivity index (χ4n) is 1.48. The van der Waals surface area contributed by atoms with Crippen molar-refractivity contribution < 1.29 is 9.47 Å². The molecule has 1 heterocycles. The van der Waals surface area contributed by atoms with Gasteiger partial charge in [0.25, 0.3) is 0 Å². The number of aliphatic imine (C=N–C) groups is 1. The number of nitrogens with zero attached hydrogens (tertiary/aromatic N) is 1. The van der Waals surface area contributed by atoms with Gasteiger partial charge in [-0.25, -0.2) is 10.8 Å². The number of hydrogen-bond donors (Lipinski definition) is 3. The van der Waals surface area contributed by atoms with E-state index in [-0.39, 0.29) is 5.60 Å². The highest BCUT2D eigenvalue weighted by Gasteiger charge is 2.34. The molecule has 0 spiro atoms. The van der Waals surface area contributed by atoms with Crippen molar-refractivity contribution in [2.24, 2.45) is 10.8 Å². The van der Waals surface area contributed by atoms with E-state index in [9.17, 15) is 0 Å². The van der Waals surface area contributed by atoms with Gasteiger partial charge in [-0.2, -0.15) is 0 Å². The van der Waals surface area contributed by atoms with Gasteiger partial charge in [-0.1, -0.05) is 0 Å². The number of ether oxygens (including phenoxy) is 2. The molecule has 0 bridgehead atoms. The Labute approximate surface area is 90.2 Å². The average molecular weight is 216 g/mol. The van der Waals surface area contributed by atoms with Crippen LogP contribution >= 0.6 is 0 Å². The lowest BCUT2D eigenvalue weighted by atomic mass is 10.0. The highest BCUT2D eigenvalue weighted by Crippen LogP contribution is 2.22. The van der Waals surface area contributed by atoms with Gasteiger partial charge >= 0.3 is 0 Å². The maximum absolute atomic E-state index is 5.44. The Morgan fingerprint density at radius 1 is 1.67 bits per heavy atom. The lowest BCUT2D eigenvalue weighted by Gasteiger charge is -2.23. The Hall–Kier alpha value is -0.850. The van der Waals surface area contributed by atoms with Crippen molar-refractivity contribution >= 4 is 5.96 Å². The van der Waals surface area contributed by atoms with E-state index < -0.39 is 0 Å². The molecule has 15 heavy (non-hydrogen) atoms. The molecule has 0 amide bonds. The Kier molecular flexibility index (Phi) is 4.80. The van der Waals surface area contributed by atoms with Crippen molar-refractivity contribution in [1.29, 1.82) is 0 Å². The summed E-state index contributed by atoms with van der Waals surface area (Å²) >= 11 is 0. The van der Waals surface area contributed by atoms with Gasteiger partial charge in [-0.15, -0.1) is 0 Å². The topological polar surface area (TPSA) is 80.9 Å². The van der Waals surface area contributed by atoms with Crippen molar-refractivity contribution in [2.45, 2.75) is 18.9 Å². The van der Waals surface area contributed by atoms with Gasteiger partial charge in [-0.3, -0.25) is 5.43 Å². The molecular formula is C9H20N4O2. The van der Waals surface area contributed by atoms with Gasteiger partial charge in [0, 0.05) is 26.7 Å². The van der Waals surface area contributed by atoms with E-state index in [4.69, 9.17) is 15.3 Å². The van der Waals surface area contributed by atoms with Crippen molar-refractivity contribution in [1.82, 2.24) is 10.7 Å². The number of nitrogens with two attached hydrogens (primary N) is 1. The van der Waals surface area contributed by atoms with Crippen LogP contribution < -0.4 is 16.6 Å². The third-order valence-corrected chi connectivity index (χ3v) is 2.51. The molecule has 1 aliphatic heterocycles. The molecule has 1 aliphatic rings. The second-order valence-corrected chi connectivity index (χ2v) is 3.53. The fraction of sp³-hybridized carbons (Fsp3) is 0.889. The molecule has 0 radical (unpaired) electrons. The number of methoxy groups -OCH3 is 1. The van der Waals surface area contributed by atoms with Gasteiger partial charge in [-0.05, 0) is 6.92 Å². The van der Waals surface area contributed by atoms with E-state index in [1.807, 2.05) is 6.92 Å². The number of hydrogen-bond acceptors (Lipinski definition) is 4. The average Bonchev–Trinajstić information content (AvgIpc) is 2.73. The Morgan fingerprint density at radius 2 is 2.47 bits per heavy atom. The summed E-state index contributed by atoms with van der Waals surface area (Å²) in [6.07, 6.45) is 0.872. The summed E-state index contributed by atoms with van der Waals surface area (Å²) in [4.78, 5) is 4.32. The molecule has 1 fully saturated rings.